The van der Waals surface area contributed by atoms with Crippen LogP contribution in [0, 0.1) is 0 Å². The average Bonchev–Trinajstić information content (AvgIpc) is 2.30. The lowest BCUT2D eigenvalue weighted by molar-refractivity contribution is -0.140. The first-order valence-corrected chi connectivity index (χ1v) is 5.36. The summed E-state index contributed by atoms with van der Waals surface area (Å²) in [6.45, 7) is 1.80. The highest BCUT2D eigenvalue weighted by Gasteiger charge is 2.08. The lowest BCUT2D eigenvalue weighted by Crippen LogP contribution is -2.08. The van der Waals surface area contributed by atoms with Gasteiger partial charge in [-0.05, 0) is 30.7 Å². The third kappa shape index (κ3) is 3.90. The number of anilines is 1. The minimum Gasteiger partial charge on any atom is -0.461 e. The summed E-state index contributed by atoms with van der Waals surface area (Å²) in [4.78, 5) is 13.0. The van der Waals surface area contributed by atoms with Gasteiger partial charge in [0, 0.05) is 19.8 Å². The molecular formula is C13H16FNO2. The fraction of sp³-hybridized carbons (Fsp3) is 0.308. The first kappa shape index (κ1) is 13.2. The summed E-state index contributed by atoms with van der Waals surface area (Å²) in [5.74, 6) is -1.81. The Morgan fingerprint density at radius 3 is 2.41 bits per heavy atom. The predicted molar refractivity (Wildman–Crippen MR) is 66.5 cm³/mol. The van der Waals surface area contributed by atoms with E-state index in [-0.39, 0.29) is 6.61 Å². The normalized spacial score (nSPS) is 11.2. The maximum atomic E-state index is 13.3. The molecule has 1 rings (SSSR count). The Morgan fingerprint density at radius 1 is 1.35 bits per heavy atom. The summed E-state index contributed by atoms with van der Waals surface area (Å²) in [7, 11) is 3.84. The van der Waals surface area contributed by atoms with Crippen LogP contribution >= 0.6 is 0 Å². The first-order valence-electron chi connectivity index (χ1n) is 5.36. The van der Waals surface area contributed by atoms with Crippen LogP contribution in [0.25, 0.3) is 6.08 Å². The number of rotatable bonds is 4. The maximum Gasteiger partial charge on any atom is 0.367 e. The van der Waals surface area contributed by atoms with Crippen LogP contribution in [0.2, 0.25) is 0 Å². The van der Waals surface area contributed by atoms with E-state index < -0.39 is 11.8 Å². The first-order chi connectivity index (χ1) is 8.04. The second-order valence-corrected chi connectivity index (χ2v) is 3.70. The van der Waals surface area contributed by atoms with E-state index in [0.717, 1.165) is 11.8 Å². The number of benzene rings is 1. The van der Waals surface area contributed by atoms with E-state index in [0.29, 0.717) is 5.56 Å². The summed E-state index contributed by atoms with van der Waals surface area (Å²) >= 11 is 0. The average molecular weight is 237 g/mol. The monoisotopic (exact) mass is 237 g/mol. The molecule has 0 bridgehead atoms. The molecule has 0 amide bonds. The van der Waals surface area contributed by atoms with E-state index in [1.807, 2.05) is 31.1 Å². The molecule has 0 aliphatic carbocycles. The molecule has 0 N–H and O–H groups in total. The third-order valence-corrected chi connectivity index (χ3v) is 2.17. The Bertz CT molecular complexity index is 410. The minimum absolute atomic E-state index is 0.166. The lowest BCUT2D eigenvalue weighted by Gasteiger charge is -2.11. The molecule has 0 fully saturated rings. The number of carbonyl (C=O) groups is 1. The molecule has 0 radical (unpaired) electrons. The van der Waals surface area contributed by atoms with Gasteiger partial charge in [0.2, 0.25) is 5.83 Å². The fourth-order valence-corrected chi connectivity index (χ4v) is 1.27. The van der Waals surface area contributed by atoms with Gasteiger partial charge in [-0.15, -0.1) is 0 Å². The van der Waals surface area contributed by atoms with Gasteiger partial charge in [-0.2, -0.15) is 4.39 Å². The van der Waals surface area contributed by atoms with Crippen LogP contribution in [0.3, 0.4) is 0 Å². The van der Waals surface area contributed by atoms with Crippen molar-refractivity contribution in [2.24, 2.45) is 0 Å². The Labute approximate surface area is 100 Å². The zero-order valence-electron chi connectivity index (χ0n) is 10.2. The summed E-state index contributed by atoms with van der Waals surface area (Å²) in [5.41, 5.74) is 1.64. The number of halogens is 1. The molecule has 0 saturated heterocycles. The van der Waals surface area contributed by atoms with Crippen LogP contribution < -0.4 is 4.90 Å². The van der Waals surface area contributed by atoms with Gasteiger partial charge in [-0.3, -0.25) is 0 Å². The van der Waals surface area contributed by atoms with Crippen LogP contribution in [0.4, 0.5) is 10.1 Å². The van der Waals surface area contributed by atoms with Gasteiger partial charge in [-0.1, -0.05) is 12.1 Å². The highest BCUT2D eigenvalue weighted by molar-refractivity contribution is 5.91. The summed E-state index contributed by atoms with van der Waals surface area (Å²) in [6.07, 6.45) is 1.16. The molecule has 0 unspecified atom stereocenters. The van der Waals surface area contributed by atoms with Crippen molar-refractivity contribution in [1.82, 2.24) is 0 Å². The maximum absolute atomic E-state index is 13.3. The Balaban J connectivity index is 2.80. The van der Waals surface area contributed by atoms with Gasteiger partial charge in [0.1, 0.15) is 0 Å². The van der Waals surface area contributed by atoms with Crippen molar-refractivity contribution in [2.45, 2.75) is 6.92 Å². The molecule has 0 heterocycles. The van der Waals surface area contributed by atoms with E-state index in [2.05, 4.69) is 4.74 Å². The van der Waals surface area contributed by atoms with Gasteiger partial charge in [0.25, 0.3) is 0 Å². The third-order valence-electron chi connectivity index (χ3n) is 2.17. The van der Waals surface area contributed by atoms with Gasteiger partial charge >= 0.3 is 5.97 Å². The zero-order valence-corrected chi connectivity index (χ0v) is 10.2. The van der Waals surface area contributed by atoms with Crippen molar-refractivity contribution in [3.63, 3.8) is 0 Å². The van der Waals surface area contributed by atoms with Crippen LogP contribution in [-0.2, 0) is 9.53 Å². The quantitative estimate of drug-likeness (QED) is 0.595. The largest absolute Gasteiger partial charge is 0.461 e. The summed E-state index contributed by atoms with van der Waals surface area (Å²) in [5, 5.41) is 0. The molecule has 92 valence electrons. The minimum atomic E-state index is -0.927. The topological polar surface area (TPSA) is 29.5 Å². The smallest absolute Gasteiger partial charge is 0.367 e. The Hall–Kier alpha value is -1.84. The fourth-order valence-electron chi connectivity index (χ4n) is 1.27. The van der Waals surface area contributed by atoms with E-state index in [9.17, 15) is 9.18 Å². The van der Waals surface area contributed by atoms with Gasteiger partial charge in [0.15, 0.2) is 0 Å². The highest BCUT2D eigenvalue weighted by atomic mass is 19.1. The molecule has 1 aromatic carbocycles. The molecule has 0 atom stereocenters. The van der Waals surface area contributed by atoms with Crippen molar-refractivity contribution in [1.29, 1.82) is 0 Å². The molecule has 17 heavy (non-hydrogen) atoms. The summed E-state index contributed by atoms with van der Waals surface area (Å²) < 4.78 is 17.9. The van der Waals surface area contributed by atoms with E-state index in [1.165, 1.54) is 0 Å². The molecule has 4 heteroatoms. The van der Waals surface area contributed by atoms with Crippen LogP contribution in [-0.4, -0.2) is 26.7 Å². The SMILES string of the molecule is CCOC(=O)C(F)=Cc1ccc(N(C)C)cc1. The van der Waals surface area contributed by atoms with E-state index >= 15 is 0 Å². The number of esters is 1. The molecule has 0 saturated carbocycles. The molecule has 0 spiro atoms. The van der Waals surface area contributed by atoms with E-state index in [4.69, 9.17) is 0 Å². The molecule has 0 aliphatic heterocycles. The number of nitrogens with zero attached hydrogens (tertiary/aromatic N) is 1. The van der Waals surface area contributed by atoms with Gasteiger partial charge < -0.3 is 9.64 Å². The second-order valence-electron chi connectivity index (χ2n) is 3.70. The number of hydrogen-bond donors (Lipinski definition) is 0. The van der Waals surface area contributed by atoms with Crippen molar-refractivity contribution >= 4 is 17.7 Å². The van der Waals surface area contributed by atoms with Crippen molar-refractivity contribution in [3.8, 4) is 0 Å². The Kier molecular flexibility index (Phi) is 4.69. The Morgan fingerprint density at radius 2 is 1.94 bits per heavy atom. The van der Waals surface area contributed by atoms with Crippen LogP contribution in [0.1, 0.15) is 12.5 Å². The molecule has 0 aromatic heterocycles. The second kappa shape index (κ2) is 6.03. The number of hydrogen-bond acceptors (Lipinski definition) is 3. The van der Waals surface area contributed by atoms with Crippen LogP contribution in [0.5, 0.6) is 0 Å². The van der Waals surface area contributed by atoms with Crippen molar-refractivity contribution in [2.75, 3.05) is 25.6 Å². The summed E-state index contributed by atoms with van der Waals surface area (Å²) in [6, 6.07) is 7.19. The zero-order chi connectivity index (χ0) is 12.8. The van der Waals surface area contributed by atoms with Crippen molar-refractivity contribution < 1.29 is 13.9 Å². The van der Waals surface area contributed by atoms with E-state index in [1.54, 1.807) is 19.1 Å². The molecule has 3 nitrogen and oxygen atoms in total. The standard InChI is InChI=1S/C13H16FNO2/c1-4-17-13(16)12(14)9-10-5-7-11(8-6-10)15(2)3/h5-9H,4H2,1-3H3. The number of carbonyl (C=O) groups excluding carboxylic acids is 1. The molecule has 0 aliphatic rings. The van der Waals surface area contributed by atoms with Gasteiger partial charge in [0.05, 0.1) is 6.61 Å². The van der Waals surface area contributed by atoms with Gasteiger partial charge in [-0.25, -0.2) is 4.79 Å². The predicted octanol–water partition coefficient (Wildman–Crippen LogP) is 2.63. The van der Waals surface area contributed by atoms with Crippen LogP contribution in [0.15, 0.2) is 30.1 Å². The highest BCUT2D eigenvalue weighted by Crippen LogP contribution is 2.15. The molecular weight excluding hydrogens is 221 g/mol. The van der Waals surface area contributed by atoms with Crippen molar-refractivity contribution in [3.05, 3.63) is 35.7 Å². The lowest BCUT2D eigenvalue weighted by atomic mass is 10.2. The number of ether oxygens (including phenoxy) is 1. The molecule has 1 aromatic rings.